The lowest BCUT2D eigenvalue weighted by Gasteiger charge is -2.25. The Balaban J connectivity index is 1.81. The highest BCUT2D eigenvalue weighted by molar-refractivity contribution is 6.52. The SMILES string of the molecule is COc1ccc(F)cc1/C(O)=C1\C(=O)C(=O)N(c2ccc(C)c(Cl)c2)C1c1c[nH]c2ccccc12. The van der Waals surface area contributed by atoms with Crippen LogP contribution in [0.15, 0.2) is 72.4 Å². The Morgan fingerprint density at radius 1 is 1.11 bits per heavy atom. The molecule has 1 fully saturated rings. The maximum Gasteiger partial charge on any atom is 0.300 e. The quantitative estimate of drug-likeness (QED) is 0.212. The minimum atomic E-state index is -1.00. The van der Waals surface area contributed by atoms with E-state index >= 15 is 0 Å². The van der Waals surface area contributed by atoms with Gasteiger partial charge in [-0.25, -0.2) is 4.39 Å². The van der Waals surface area contributed by atoms with Gasteiger partial charge in [-0.1, -0.05) is 35.9 Å². The number of aliphatic hydroxyl groups is 1. The molecule has 1 aliphatic heterocycles. The van der Waals surface area contributed by atoms with E-state index in [1.165, 1.54) is 24.1 Å². The largest absolute Gasteiger partial charge is 0.507 e. The van der Waals surface area contributed by atoms with Crippen LogP contribution in [0.4, 0.5) is 10.1 Å². The first-order chi connectivity index (χ1) is 16.8. The van der Waals surface area contributed by atoms with E-state index in [-0.39, 0.29) is 16.9 Å². The third kappa shape index (κ3) is 3.65. The predicted molar refractivity (Wildman–Crippen MR) is 132 cm³/mol. The Hall–Kier alpha value is -4.10. The van der Waals surface area contributed by atoms with Gasteiger partial charge in [0.25, 0.3) is 11.7 Å². The summed E-state index contributed by atoms with van der Waals surface area (Å²) in [6.45, 7) is 1.83. The molecule has 176 valence electrons. The van der Waals surface area contributed by atoms with Gasteiger partial charge < -0.3 is 14.8 Å². The van der Waals surface area contributed by atoms with E-state index in [9.17, 15) is 19.1 Å². The normalized spacial score (nSPS) is 17.4. The smallest absolute Gasteiger partial charge is 0.300 e. The van der Waals surface area contributed by atoms with Crippen molar-refractivity contribution in [3.63, 3.8) is 0 Å². The molecule has 1 aromatic heterocycles. The van der Waals surface area contributed by atoms with Crippen LogP contribution in [0, 0.1) is 12.7 Å². The number of ketones is 1. The van der Waals surface area contributed by atoms with Gasteiger partial charge in [0.2, 0.25) is 0 Å². The van der Waals surface area contributed by atoms with Crippen molar-refractivity contribution in [3.8, 4) is 5.75 Å². The Kier molecular flexibility index (Phi) is 5.57. The van der Waals surface area contributed by atoms with Gasteiger partial charge in [0.15, 0.2) is 0 Å². The summed E-state index contributed by atoms with van der Waals surface area (Å²) in [7, 11) is 1.37. The van der Waals surface area contributed by atoms with Gasteiger partial charge in [-0.3, -0.25) is 14.5 Å². The number of nitrogens with zero attached hydrogens (tertiary/aromatic N) is 1. The van der Waals surface area contributed by atoms with E-state index in [0.717, 1.165) is 22.5 Å². The summed E-state index contributed by atoms with van der Waals surface area (Å²) in [4.78, 5) is 31.2. The van der Waals surface area contributed by atoms with Gasteiger partial charge in [-0.15, -0.1) is 0 Å². The van der Waals surface area contributed by atoms with Crippen molar-refractivity contribution >= 4 is 45.6 Å². The monoisotopic (exact) mass is 490 g/mol. The summed E-state index contributed by atoms with van der Waals surface area (Å²) >= 11 is 6.35. The fourth-order valence-corrected chi connectivity index (χ4v) is 4.63. The van der Waals surface area contributed by atoms with E-state index in [1.54, 1.807) is 24.4 Å². The number of methoxy groups -OCH3 is 1. The molecule has 1 unspecified atom stereocenters. The van der Waals surface area contributed by atoms with Crippen molar-refractivity contribution < 1.29 is 23.8 Å². The second-order valence-electron chi connectivity index (χ2n) is 8.24. The summed E-state index contributed by atoms with van der Waals surface area (Å²) in [5.74, 6) is -2.74. The number of carbonyl (C=O) groups is 2. The minimum absolute atomic E-state index is 0.0303. The van der Waals surface area contributed by atoms with Crippen LogP contribution in [0.5, 0.6) is 5.75 Å². The van der Waals surface area contributed by atoms with Crippen LogP contribution < -0.4 is 9.64 Å². The van der Waals surface area contributed by atoms with E-state index < -0.39 is 29.3 Å². The first-order valence-corrected chi connectivity index (χ1v) is 11.2. The number of anilines is 1. The number of amides is 1. The fourth-order valence-electron chi connectivity index (χ4n) is 4.46. The molecule has 6 nitrogen and oxygen atoms in total. The number of nitrogens with one attached hydrogen (secondary N) is 1. The lowest BCUT2D eigenvalue weighted by molar-refractivity contribution is -0.132. The first-order valence-electron chi connectivity index (χ1n) is 10.8. The molecule has 0 spiro atoms. The summed E-state index contributed by atoms with van der Waals surface area (Å²) in [5, 5.41) is 12.5. The lowest BCUT2D eigenvalue weighted by atomic mass is 9.94. The molecule has 2 heterocycles. The molecule has 0 bridgehead atoms. The number of aromatic nitrogens is 1. The number of ether oxygens (including phenoxy) is 1. The number of aryl methyl sites for hydroxylation is 1. The Labute approximate surface area is 205 Å². The number of Topliss-reactive ketones (excluding diaryl/α,β-unsaturated/α-hetero) is 1. The van der Waals surface area contributed by atoms with Crippen LogP contribution in [-0.4, -0.2) is 28.9 Å². The number of aromatic amines is 1. The van der Waals surface area contributed by atoms with E-state index in [0.29, 0.717) is 16.3 Å². The van der Waals surface area contributed by atoms with Crippen LogP contribution in [-0.2, 0) is 9.59 Å². The zero-order chi connectivity index (χ0) is 24.9. The molecule has 8 heteroatoms. The van der Waals surface area contributed by atoms with Gasteiger partial charge in [0.05, 0.1) is 24.3 Å². The van der Waals surface area contributed by atoms with Gasteiger partial charge in [0.1, 0.15) is 17.3 Å². The Morgan fingerprint density at radius 3 is 2.63 bits per heavy atom. The number of hydrogen-bond donors (Lipinski definition) is 2. The summed E-state index contributed by atoms with van der Waals surface area (Å²) < 4.78 is 19.4. The summed E-state index contributed by atoms with van der Waals surface area (Å²) in [6, 6.07) is 15.0. The molecular weight excluding hydrogens is 471 g/mol. The number of rotatable bonds is 4. The average Bonchev–Trinajstić information content (AvgIpc) is 3.39. The highest BCUT2D eigenvalue weighted by atomic mass is 35.5. The average molecular weight is 491 g/mol. The molecule has 1 aliphatic rings. The lowest BCUT2D eigenvalue weighted by Crippen LogP contribution is -2.29. The zero-order valence-corrected chi connectivity index (χ0v) is 19.6. The third-order valence-electron chi connectivity index (χ3n) is 6.21. The van der Waals surface area contributed by atoms with Crippen LogP contribution in [0.2, 0.25) is 5.02 Å². The first kappa shape index (κ1) is 22.7. The van der Waals surface area contributed by atoms with E-state index in [4.69, 9.17) is 16.3 Å². The molecule has 0 radical (unpaired) electrons. The van der Waals surface area contributed by atoms with Crippen molar-refractivity contribution in [1.82, 2.24) is 4.98 Å². The van der Waals surface area contributed by atoms with Crippen molar-refractivity contribution in [2.75, 3.05) is 12.0 Å². The number of halogens is 2. The minimum Gasteiger partial charge on any atom is -0.507 e. The molecule has 1 atom stereocenters. The van der Waals surface area contributed by atoms with Crippen LogP contribution in [0.1, 0.15) is 22.7 Å². The fraction of sp³-hybridized carbons (Fsp3) is 0.111. The maximum atomic E-state index is 14.1. The van der Waals surface area contributed by atoms with E-state index in [2.05, 4.69) is 4.98 Å². The summed E-state index contributed by atoms with van der Waals surface area (Å²) in [6.07, 6.45) is 1.69. The molecule has 5 rings (SSSR count). The van der Waals surface area contributed by atoms with Crippen LogP contribution in [0.25, 0.3) is 16.7 Å². The molecule has 0 saturated carbocycles. The topological polar surface area (TPSA) is 82.6 Å². The number of benzene rings is 3. The maximum absolute atomic E-state index is 14.1. The van der Waals surface area contributed by atoms with Crippen LogP contribution >= 0.6 is 11.6 Å². The molecule has 1 amide bonds. The zero-order valence-electron chi connectivity index (χ0n) is 18.8. The van der Waals surface area contributed by atoms with Gasteiger partial charge in [-0.05, 0) is 48.9 Å². The van der Waals surface area contributed by atoms with Crippen LogP contribution in [0.3, 0.4) is 0 Å². The highest BCUT2D eigenvalue weighted by Crippen LogP contribution is 2.45. The van der Waals surface area contributed by atoms with Gasteiger partial charge >= 0.3 is 0 Å². The number of H-pyrrole nitrogens is 1. The standard InChI is InChI=1S/C27H20ClFN2O4/c1-14-7-9-16(12-20(14)28)31-24(19-13-30-21-6-4-3-5-17(19)21)23(26(33)27(31)34)25(32)18-11-15(29)8-10-22(18)35-2/h3-13,24,30,32H,1-2H3/b25-23+. The highest BCUT2D eigenvalue weighted by Gasteiger charge is 2.48. The molecule has 2 N–H and O–H groups in total. The van der Waals surface area contributed by atoms with Crippen molar-refractivity contribution in [2.24, 2.45) is 0 Å². The number of carbonyl (C=O) groups excluding carboxylic acids is 2. The third-order valence-corrected chi connectivity index (χ3v) is 6.62. The molecule has 0 aliphatic carbocycles. The van der Waals surface area contributed by atoms with Crippen molar-refractivity contribution in [1.29, 1.82) is 0 Å². The molecule has 3 aromatic carbocycles. The molecule has 35 heavy (non-hydrogen) atoms. The van der Waals surface area contributed by atoms with Gasteiger partial charge in [-0.2, -0.15) is 0 Å². The molecule has 4 aromatic rings. The van der Waals surface area contributed by atoms with Crippen molar-refractivity contribution in [3.05, 3.63) is 100.0 Å². The molecular formula is C27H20ClFN2O4. The van der Waals surface area contributed by atoms with E-state index in [1.807, 2.05) is 31.2 Å². The number of fused-ring (bicyclic) bond motifs is 1. The second-order valence-corrected chi connectivity index (χ2v) is 8.64. The van der Waals surface area contributed by atoms with Crippen molar-refractivity contribution in [2.45, 2.75) is 13.0 Å². The Bertz CT molecular complexity index is 1540. The predicted octanol–water partition coefficient (Wildman–Crippen LogP) is 5.90. The molecule has 1 saturated heterocycles. The summed E-state index contributed by atoms with van der Waals surface area (Å²) in [5.41, 5.74) is 2.37. The Morgan fingerprint density at radius 2 is 1.89 bits per heavy atom. The van der Waals surface area contributed by atoms with Gasteiger partial charge in [0, 0.05) is 33.4 Å². The number of aliphatic hydroxyl groups excluding tert-OH is 1. The second kappa shape index (κ2) is 8.60. The number of hydrogen-bond acceptors (Lipinski definition) is 4. The number of para-hydroxylation sites is 1.